The summed E-state index contributed by atoms with van der Waals surface area (Å²) in [6, 6.07) is 0. The van der Waals surface area contributed by atoms with Crippen molar-refractivity contribution in [3.8, 4) is 0 Å². The monoisotopic (exact) mass is 253 g/mol. The number of aromatic amines is 1. The van der Waals surface area contributed by atoms with Gasteiger partial charge in [-0.3, -0.25) is 9.78 Å². The molecule has 0 aliphatic heterocycles. The number of aryl methyl sites for hydroxylation is 1. The van der Waals surface area contributed by atoms with Gasteiger partial charge in [0, 0.05) is 6.54 Å². The van der Waals surface area contributed by atoms with Gasteiger partial charge in [-0.2, -0.15) is 4.98 Å². The Labute approximate surface area is 102 Å². The lowest BCUT2D eigenvalue weighted by Crippen LogP contribution is -2.14. The second kappa shape index (κ2) is 5.15. The van der Waals surface area contributed by atoms with E-state index in [0.717, 1.165) is 0 Å². The van der Waals surface area contributed by atoms with Crippen LogP contribution in [-0.4, -0.2) is 42.4 Å². The number of hydrogen-bond donors (Lipinski definition) is 4. The van der Waals surface area contributed by atoms with Gasteiger partial charge in [-0.15, -0.1) is 0 Å². The Kier molecular flexibility index (Phi) is 3.58. The number of anilines is 1. The van der Waals surface area contributed by atoms with Crippen molar-refractivity contribution in [1.82, 2.24) is 19.5 Å². The van der Waals surface area contributed by atoms with Crippen LogP contribution in [0.1, 0.15) is 12.8 Å². The molecule has 0 aliphatic carbocycles. The van der Waals surface area contributed by atoms with Crippen molar-refractivity contribution in [3.63, 3.8) is 0 Å². The lowest BCUT2D eigenvalue weighted by molar-refractivity contribution is 0.0857. The number of imidazole rings is 1. The zero-order valence-corrected chi connectivity index (χ0v) is 9.70. The van der Waals surface area contributed by atoms with Crippen LogP contribution in [0.5, 0.6) is 0 Å². The van der Waals surface area contributed by atoms with E-state index in [-0.39, 0.29) is 23.6 Å². The highest BCUT2D eigenvalue weighted by Gasteiger charge is 2.09. The molecule has 2 rings (SSSR count). The summed E-state index contributed by atoms with van der Waals surface area (Å²) in [6.45, 7) is 0.291. The Bertz CT molecular complexity index is 591. The third-order valence-electron chi connectivity index (χ3n) is 2.64. The van der Waals surface area contributed by atoms with Gasteiger partial charge < -0.3 is 20.5 Å². The molecular weight excluding hydrogens is 238 g/mol. The minimum absolute atomic E-state index is 0.0460. The summed E-state index contributed by atoms with van der Waals surface area (Å²) in [5, 5.41) is 17.9. The highest BCUT2D eigenvalue weighted by Crippen LogP contribution is 2.08. The van der Waals surface area contributed by atoms with Crippen LogP contribution >= 0.6 is 0 Å². The molecule has 0 spiro atoms. The van der Waals surface area contributed by atoms with Crippen molar-refractivity contribution in [3.05, 3.63) is 16.7 Å². The Morgan fingerprint density at radius 1 is 1.56 bits per heavy atom. The van der Waals surface area contributed by atoms with Gasteiger partial charge in [-0.05, 0) is 12.8 Å². The Balaban J connectivity index is 2.17. The number of fused-ring (bicyclic) bond motifs is 1. The molecular formula is C10H15N5O3. The van der Waals surface area contributed by atoms with Gasteiger partial charge in [0.2, 0.25) is 5.95 Å². The van der Waals surface area contributed by atoms with Crippen molar-refractivity contribution in [2.75, 3.05) is 12.3 Å². The van der Waals surface area contributed by atoms with Gasteiger partial charge in [-0.1, -0.05) is 0 Å². The van der Waals surface area contributed by atoms with Crippen LogP contribution in [-0.2, 0) is 6.54 Å². The summed E-state index contributed by atoms with van der Waals surface area (Å²) >= 11 is 0. The van der Waals surface area contributed by atoms with E-state index < -0.39 is 6.10 Å². The maximum Gasteiger partial charge on any atom is 0.280 e. The number of nitrogens with one attached hydrogen (secondary N) is 1. The van der Waals surface area contributed by atoms with E-state index in [4.69, 9.17) is 10.8 Å². The molecule has 0 bridgehead atoms. The molecule has 8 heteroatoms. The maximum absolute atomic E-state index is 11.5. The molecule has 5 N–H and O–H groups in total. The normalized spacial score (nSPS) is 13.0. The largest absolute Gasteiger partial charge is 0.394 e. The number of nitrogens with zero attached hydrogens (tertiary/aromatic N) is 3. The molecule has 0 aliphatic rings. The predicted octanol–water partition coefficient (Wildman–Crippen LogP) is -1.16. The summed E-state index contributed by atoms with van der Waals surface area (Å²) in [6.07, 6.45) is 1.90. The van der Waals surface area contributed by atoms with E-state index in [9.17, 15) is 9.90 Å². The van der Waals surface area contributed by atoms with Crippen LogP contribution in [0.3, 0.4) is 0 Å². The SMILES string of the molecule is Nc1nc2c(ncn2CCC[C@@H](O)CO)c(=O)[nH]1. The predicted molar refractivity (Wildman–Crippen MR) is 64.9 cm³/mol. The molecule has 98 valence electrons. The molecule has 2 aromatic rings. The first-order chi connectivity index (χ1) is 8.61. The lowest BCUT2D eigenvalue weighted by atomic mass is 10.2. The summed E-state index contributed by atoms with van der Waals surface area (Å²) in [4.78, 5) is 21.9. The Morgan fingerprint density at radius 3 is 3.06 bits per heavy atom. The van der Waals surface area contributed by atoms with E-state index >= 15 is 0 Å². The van der Waals surface area contributed by atoms with Crippen molar-refractivity contribution >= 4 is 17.1 Å². The highest BCUT2D eigenvalue weighted by atomic mass is 16.3. The topological polar surface area (TPSA) is 130 Å². The second-order valence-corrected chi connectivity index (χ2v) is 4.04. The average Bonchev–Trinajstić information content (AvgIpc) is 2.72. The maximum atomic E-state index is 11.5. The van der Waals surface area contributed by atoms with Gasteiger partial charge in [0.15, 0.2) is 11.2 Å². The summed E-state index contributed by atoms with van der Waals surface area (Å²) in [7, 11) is 0. The van der Waals surface area contributed by atoms with E-state index in [1.807, 2.05) is 0 Å². The summed E-state index contributed by atoms with van der Waals surface area (Å²) in [5.74, 6) is 0.0460. The van der Waals surface area contributed by atoms with Crippen molar-refractivity contribution < 1.29 is 10.2 Å². The zero-order valence-electron chi connectivity index (χ0n) is 9.70. The number of aliphatic hydroxyl groups excluding tert-OH is 2. The van der Waals surface area contributed by atoms with Crippen LogP contribution in [0, 0.1) is 0 Å². The number of H-pyrrole nitrogens is 1. The molecule has 0 saturated carbocycles. The number of rotatable bonds is 5. The fourth-order valence-electron chi connectivity index (χ4n) is 1.72. The first kappa shape index (κ1) is 12.5. The molecule has 8 nitrogen and oxygen atoms in total. The van der Waals surface area contributed by atoms with Crippen LogP contribution < -0.4 is 11.3 Å². The van der Waals surface area contributed by atoms with Crippen LogP contribution in [0.15, 0.2) is 11.1 Å². The van der Waals surface area contributed by atoms with Crippen molar-refractivity contribution in [2.45, 2.75) is 25.5 Å². The average molecular weight is 253 g/mol. The number of aromatic nitrogens is 4. The van der Waals surface area contributed by atoms with Crippen LogP contribution in [0.4, 0.5) is 5.95 Å². The van der Waals surface area contributed by atoms with Crippen molar-refractivity contribution in [2.24, 2.45) is 0 Å². The van der Waals surface area contributed by atoms with Crippen LogP contribution in [0.2, 0.25) is 0 Å². The standard InChI is InChI=1S/C10H15N5O3/c11-10-13-8-7(9(18)14-10)12-5-15(8)3-1-2-6(17)4-16/h5-6,16-17H,1-4H2,(H3,11,13,14,18)/t6-/m1/s1. The van der Waals surface area contributed by atoms with Gasteiger partial charge in [0.25, 0.3) is 5.56 Å². The number of nitrogen functional groups attached to an aromatic ring is 1. The molecule has 1 atom stereocenters. The first-order valence-electron chi connectivity index (χ1n) is 5.61. The molecule has 0 unspecified atom stereocenters. The van der Waals surface area contributed by atoms with E-state index in [1.165, 1.54) is 6.33 Å². The van der Waals surface area contributed by atoms with E-state index in [0.29, 0.717) is 25.0 Å². The fourth-order valence-corrected chi connectivity index (χ4v) is 1.72. The highest BCUT2D eigenvalue weighted by molar-refractivity contribution is 5.70. The van der Waals surface area contributed by atoms with Gasteiger partial charge in [0.1, 0.15) is 0 Å². The zero-order chi connectivity index (χ0) is 13.1. The molecule has 2 aromatic heterocycles. The molecule has 0 radical (unpaired) electrons. The van der Waals surface area contributed by atoms with E-state index in [1.54, 1.807) is 4.57 Å². The quantitative estimate of drug-likeness (QED) is 0.531. The third-order valence-corrected chi connectivity index (χ3v) is 2.64. The third kappa shape index (κ3) is 2.49. The smallest absolute Gasteiger partial charge is 0.280 e. The van der Waals surface area contributed by atoms with Crippen LogP contribution in [0.25, 0.3) is 11.2 Å². The summed E-state index contributed by atoms with van der Waals surface area (Å²) in [5.41, 5.74) is 5.77. The molecule has 18 heavy (non-hydrogen) atoms. The Morgan fingerprint density at radius 2 is 2.33 bits per heavy atom. The molecule has 0 fully saturated rings. The number of nitrogens with two attached hydrogens (primary N) is 1. The van der Waals surface area contributed by atoms with Gasteiger partial charge in [0.05, 0.1) is 19.0 Å². The Hall–Kier alpha value is -1.93. The second-order valence-electron chi connectivity index (χ2n) is 4.04. The number of aliphatic hydroxyl groups is 2. The minimum Gasteiger partial charge on any atom is -0.394 e. The molecule has 0 amide bonds. The molecule has 0 saturated heterocycles. The lowest BCUT2D eigenvalue weighted by Gasteiger charge is -2.07. The van der Waals surface area contributed by atoms with Gasteiger partial charge >= 0.3 is 0 Å². The number of hydrogen-bond acceptors (Lipinski definition) is 6. The summed E-state index contributed by atoms with van der Waals surface area (Å²) < 4.78 is 1.70. The first-order valence-corrected chi connectivity index (χ1v) is 5.61. The minimum atomic E-state index is -0.721. The molecule has 2 heterocycles. The fraction of sp³-hybridized carbons (Fsp3) is 0.500. The molecule has 0 aromatic carbocycles. The van der Waals surface area contributed by atoms with E-state index in [2.05, 4.69) is 15.0 Å². The van der Waals surface area contributed by atoms with Crippen molar-refractivity contribution in [1.29, 1.82) is 0 Å². The van der Waals surface area contributed by atoms with Gasteiger partial charge in [-0.25, -0.2) is 4.98 Å².